The molecule has 0 unspecified atom stereocenters. The molecule has 19 heavy (non-hydrogen) atoms. The quantitative estimate of drug-likeness (QED) is 0.571. The summed E-state index contributed by atoms with van der Waals surface area (Å²) >= 11 is 0. The number of aromatic nitrogens is 1. The third-order valence-electron chi connectivity index (χ3n) is 2.97. The first-order valence-electron chi connectivity index (χ1n) is 6.66. The zero-order valence-electron chi connectivity index (χ0n) is 11.2. The fourth-order valence-electron chi connectivity index (χ4n) is 1.65. The lowest BCUT2D eigenvalue weighted by atomic mass is 10.3. The van der Waals surface area contributed by atoms with Gasteiger partial charge in [0.15, 0.2) is 0 Å². The molecule has 2 rings (SSSR count). The number of esters is 1. The summed E-state index contributed by atoms with van der Waals surface area (Å²) in [5, 5.41) is 3.41. The first-order valence-corrected chi connectivity index (χ1v) is 6.66. The molecular weight excluding hydrogens is 244 g/mol. The lowest BCUT2D eigenvalue weighted by molar-refractivity contribution is -0.140. The largest absolute Gasteiger partial charge is 0.492 e. The summed E-state index contributed by atoms with van der Waals surface area (Å²) in [6.07, 6.45) is 5.32. The lowest BCUT2D eigenvalue weighted by Gasteiger charge is -2.06. The maximum absolute atomic E-state index is 10.9. The molecule has 1 aromatic rings. The van der Waals surface area contributed by atoms with Crippen LogP contribution in [0.2, 0.25) is 0 Å². The summed E-state index contributed by atoms with van der Waals surface area (Å²) in [4.78, 5) is 15.2. The van der Waals surface area contributed by atoms with Crippen LogP contribution in [0.1, 0.15) is 31.4 Å². The minimum absolute atomic E-state index is 0.205. The molecular formula is C14H20N2O3. The average molecular weight is 264 g/mol. The maximum Gasteiger partial charge on any atom is 0.305 e. The molecule has 0 atom stereocenters. The van der Waals surface area contributed by atoms with Crippen LogP contribution in [0.3, 0.4) is 0 Å². The van der Waals surface area contributed by atoms with Gasteiger partial charge < -0.3 is 14.8 Å². The number of hydrogen-bond donors (Lipinski definition) is 1. The number of hydrogen-bond acceptors (Lipinski definition) is 5. The minimum atomic E-state index is -0.205. The number of carbonyl (C=O) groups is 1. The number of nitrogens with one attached hydrogen (secondary N) is 1. The molecule has 0 bridgehead atoms. The Morgan fingerprint density at radius 2 is 2.32 bits per heavy atom. The number of nitrogens with zero attached hydrogens (tertiary/aromatic N) is 1. The van der Waals surface area contributed by atoms with E-state index in [2.05, 4.69) is 15.0 Å². The Morgan fingerprint density at radius 1 is 1.47 bits per heavy atom. The molecule has 1 heterocycles. The van der Waals surface area contributed by atoms with E-state index < -0.39 is 0 Å². The third kappa shape index (κ3) is 5.26. The van der Waals surface area contributed by atoms with Crippen molar-refractivity contribution in [3.63, 3.8) is 0 Å². The van der Waals surface area contributed by atoms with Gasteiger partial charge >= 0.3 is 5.97 Å². The van der Waals surface area contributed by atoms with Crippen molar-refractivity contribution >= 4 is 5.97 Å². The fraction of sp³-hybridized carbons (Fsp3) is 0.571. The summed E-state index contributed by atoms with van der Waals surface area (Å²) in [7, 11) is 1.39. The molecule has 5 nitrogen and oxygen atoms in total. The zero-order chi connectivity index (χ0) is 13.5. The summed E-state index contributed by atoms with van der Waals surface area (Å²) in [6.45, 7) is 1.31. The highest BCUT2D eigenvalue weighted by Gasteiger charge is 2.19. The van der Waals surface area contributed by atoms with E-state index in [1.807, 2.05) is 12.1 Å². The van der Waals surface area contributed by atoms with Gasteiger partial charge in [-0.25, -0.2) is 0 Å². The van der Waals surface area contributed by atoms with Gasteiger partial charge in [0.05, 0.1) is 25.6 Å². The predicted molar refractivity (Wildman–Crippen MR) is 70.8 cm³/mol. The Balaban J connectivity index is 1.64. The first kappa shape index (κ1) is 13.8. The van der Waals surface area contributed by atoms with E-state index in [4.69, 9.17) is 4.74 Å². The fourth-order valence-corrected chi connectivity index (χ4v) is 1.65. The second-order valence-electron chi connectivity index (χ2n) is 4.67. The van der Waals surface area contributed by atoms with Crippen LogP contribution in [-0.4, -0.2) is 30.7 Å². The number of carbonyl (C=O) groups excluding carboxylic acids is 1. The van der Waals surface area contributed by atoms with Gasteiger partial charge in [-0.1, -0.05) is 0 Å². The van der Waals surface area contributed by atoms with E-state index >= 15 is 0 Å². The molecule has 1 saturated carbocycles. The topological polar surface area (TPSA) is 60.5 Å². The molecule has 0 radical (unpaired) electrons. The van der Waals surface area contributed by atoms with Crippen LogP contribution < -0.4 is 10.1 Å². The van der Waals surface area contributed by atoms with Crippen molar-refractivity contribution in [3.05, 3.63) is 24.0 Å². The second-order valence-corrected chi connectivity index (χ2v) is 4.67. The zero-order valence-corrected chi connectivity index (χ0v) is 11.2. The highest BCUT2D eigenvalue weighted by atomic mass is 16.5. The Bertz CT molecular complexity index is 402. The molecule has 0 spiro atoms. The molecule has 0 aromatic carbocycles. The van der Waals surface area contributed by atoms with Crippen LogP contribution in [0.4, 0.5) is 0 Å². The van der Waals surface area contributed by atoms with Crippen LogP contribution in [-0.2, 0) is 16.1 Å². The SMILES string of the molecule is COC(=O)CCCOc1ccc(CNC2CC2)nc1. The molecule has 5 heteroatoms. The van der Waals surface area contributed by atoms with Crippen molar-refractivity contribution in [2.75, 3.05) is 13.7 Å². The average Bonchev–Trinajstić information content (AvgIpc) is 3.26. The van der Waals surface area contributed by atoms with Crippen molar-refractivity contribution in [1.29, 1.82) is 0 Å². The van der Waals surface area contributed by atoms with Crippen molar-refractivity contribution in [1.82, 2.24) is 10.3 Å². The maximum atomic E-state index is 10.9. The Kier molecular flexibility index (Phi) is 5.15. The van der Waals surface area contributed by atoms with Gasteiger partial charge in [-0.3, -0.25) is 9.78 Å². The molecule has 1 fully saturated rings. The molecule has 1 aromatic heterocycles. The highest BCUT2D eigenvalue weighted by molar-refractivity contribution is 5.68. The second kappa shape index (κ2) is 7.09. The van der Waals surface area contributed by atoms with Crippen LogP contribution in [0.15, 0.2) is 18.3 Å². The Labute approximate surface area is 113 Å². The summed E-state index contributed by atoms with van der Waals surface area (Å²) in [5.41, 5.74) is 1.02. The van der Waals surface area contributed by atoms with E-state index in [9.17, 15) is 4.79 Å². The van der Waals surface area contributed by atoms with E-state index in [0.29, 0.717) is 25.5 Å². The molecule has 0 aliphatic heterocycles. The van der Waals surface area contributed by atoms with Crippen molar-refractivity contribution < 1.29 is 14.3 Å². The molecule has 0 saturated heterocycles. The molecule has 1 aliphatic carbocycles. The van der Waals surface area contributed by atoms with Crippen LogP contribution in [0.5, 0.6) is 5.75 Å². The minimum Gasteiger partial charge on any atom is -0.492 e. The summed E-state index contributed by atoms with van der Waals surface area (Å²) in [6, 6.07) is 4.57. The Hall–Kier alpha value is -1.62. The van der Waals surface area contributed by atoms with Gasteiger partial charge in [-0.2, -0.15) is 0 Å². The standard InChI is InChI=1S/C14H20N2O3/c1-18-14(17)3-2-8-19-13-7-6-12(16-10-13)9-15-11-4-5-11/h6-7,10-11,15H,2-5,8-9H2,1H3. The van der Waals surface area contributed by atoms with Gasteiger partial charge in [0, 0.05) is 19.0 Å². The normalized spacial score (nSPS) is 14.2. The molecule has 1 N–H and O–H groups in total. The predicted octanol–water partition coefficient (Wildman–Crippen LogP) is 1.67. The number of ether oxygens (including phenoxy) is 2. The van der Waals surface area contributed by atoms with Gasteiger partial charge in [-0.05, 0) is 31.4 Å². The van der Waals surface area contributed by atoms with Gasteiger partial charge in [-0.15, -0.1) is 0 Å². The smallest absolute Gasteiger partial charge is 0.305 e. The van der Waals surface area contributed by atoms with E-state index in [-0.39, 0.29) is 5.97 Å². The number of rotatable bonds is 8. The van der Waals surface area contributed by atoms with Gasteiger partial charge in [0.1, 0.15) is 5.75 Å². The summed E-state index contributed by atoms with van der Waals surface area (Å²) in [5.74, 6) is 0.531. The third-order valence-corrected chi connectivity index (χ3v) is 2.97. The van der Waals surface area contributed by atoms with Crippen molar-refractivity contribution in [2.45, 2.75) is 38.3 Å². The monoisotopic (exact) mass is 264 g/mol. The van der Waals surface area contributed by atoms with Gasteiger partial charge in [0.2, 0.25) is 0 Å². The summed E-state index contributed by atoms with van der Waals surface area (Å²) < 4.78 is 10.1. The van der Waals surface area contributed by atoms with Crippen molar-refractivity contribution in [3.8, 4) is 5.75 Å². The lowest BCUT2D eigenvalue weighted by Crippen LogP contribution is -2.16. The van der Waals surface area contributed by atoms with Gasteiger partial charge in [0.25, 0.3) is 0 Å². The molecule has 104 valence electrons. The van der Waals surface area contributed by atoms with Crippen LogP contribution in [0.25, 0.3) is 0 Å². The molecule has 1 aliphatic rings. The van der Waals surface area contributed by atoms with Crippen LogP contribution in [0, 0.1) is 0 Å². The van der Waals surface area contributed by atoms with E-state index in [1.165, 1.54) is 20.0 Å². The number of pyridine rings is 1. The number of methoxy groups -OCH3 is 1. The van der Waals surface area contributed by atoms with Crippen molar-refractivity contribution in [2.24, 2.45) is 0 Å². The highest BCUT2D eigenvalue weighted by Crippen LogP contribution is 2.19. The Morgan fingerprint density at radius 3 is 2.95 bits per heavy atom. The first-order chi connectivity index (χ1) is 9.28. The van der Waals surface area contributed by atoms with E-state index in [0.717, 1.165) is 18.0 Å². The van der Waals surface area contributed by atoms with Crippen LogP contribution >= 0.6 is 0 Å². The molecule has 0 amide bonds. The van der Waals surface area contributed by atoms with E-state index in [1.54, 1.807) is 6.20 Å².